The highest BCUT2D eigenvalue weighted by Crippen LogP contribution is 2.64. The molecule has 31 heavy (non-hydrogen) atoms. The third-order valence-corrected chi connectivity index (χ3v) is 5.54. The van der Waals surface area contributed by atoms with Gasteiger partial charge >= 0.3 is 47.0 Å². The predicted octanol–water partition coefficient (Wildman–Crippen LogP) is 5.78. The van der Waals surface area contributed by atoms with Gasteiger partial charge in [-0.25, -0.2) is 8.42 Å². The first-order chi connectivity index (χ1) is 13.1. The van der Waals surface area contributed by atoms with Crippen molar-refractivity contribution in [3.8, 4) is 0 Å². The van der Waals surface area contributed by atoms with Crippen LogP contribution in [0.1, 0.15) is 13.3 Å². The molecule has 0 unspecified atom stereocenters. The van der Waals surface area contributed by atoms with Gasteiger partial charge in [-0.3, -0.25) is 0 Å². The number of halogens is 17. The Kier molecular flexibility index (Phi) is 7.10. The third-order valence-electron chi connectivity index (χ3n) is 3.56. The van der Waals surface area contributed by atoms with E-state index in [9.17, 15) is 83.1 Å². The Balaban J connectivity index is 6.91. The summed E-state index contributed by atoms with van der Waals surface area (Å²) in [6.45, 7) is 0.631. The van der Waals surface area contributed by atoms with Gasteiger partial charge in [-0.05, 0) is 6.42 Å². The first kappa shape index (κ1) is 29.8. The van der Waals surface area contributed by atoms with E-state index in [-0.39, 0.29) is 0 Å². The molecule has 0 saturated carbocycles. The molecule has 0 amide bonds. The van der Waals surface area contributed by atoms with Crippen molar-refractivity contribution >= 4 is 9.84 Å². The monoisotopic (exact) mass is 526 g/mol. The molecule has 188 valence electrons. The maximum absolute atomic E-state index is 13.4. The minimum atomic E-state index is -8.78. The van der Waals surface area contributed by atoms with Crippen molar-refractivity contribution in [2.75, 3.05) is 5.75 Å². The standard InChI is InChI=1S/C11H7F17O2S/c1-2-3-31(29,30)11(27,28)9(22,23)7(18,19)5(14,15)4(12,13)6(16,17)8(20,21)10(24,25)26/h2-3H2,1H3. The van der Waals surface area contributed by atoms with Gasteiger partial charge in [0.05, 0.1) is 5.75 Å². The summed E-state index contributed by atoms with van der Waals surface area (Å²) in [7, 11) is -6.90. The van der Waals surface area contributed by atoms with Crippen molar-refractivity contribution in [1.29, 1.82) is 0 Å². The fourth-order valence-electron chi connectivity index (χ4n) is 1.74. The lowest BCUT2D eigenvalue weighted by Crippen LogP contribution is -2.75. The summed E-state index contributed by atoms with van der Waals surface area (Å²) in [5, 5.41) is -7.39. The van der Waals surface area contributed by atoms with Crippen LogP contribution in [0.2, 0.25) is 0 Å². The molecule has 0 bridgehead atoms. The zero-order valence-electron chi connectivity index (χ0n) is 14.1. The van der Waals surface area contributed by atoms with E-state index < -0.39 is 69.0 Å². The molecule has 0 fully saturated rings. The Labute approximate surface area is 160 Å². The van der Waals surface area contributed by atoms with Gasteiger partial charge in [-0.2, -0.15) is 74.6 Å². The molecule has 0 aromatic carbocycles. The number of alkyl halides is 17. The average molecular weight is 526 g/mol. The van der Waals surface area contributed by atoms with Crippen LogP contribution in [0.4, 0.5) is 74.6 Å². The highest BCUT2D eigenvalue weighted by atomic mass is 32.2. The predicted molar refractivity (Wildman–Crippen MR) is 64.8 cm³/mol. The minimum Gasteiger partial charge on any atom is -0.222 e. The average Bonchev–Trinajstić information content (AvgIpc) is 2.52. The SMILES string of the molecule is CCCS(=O)(=O)C(F)(F)C(F)(F)C(F)(F)C(F)(F)C(F)(F)C(F)(F)C(F)(F)C(F)(F)F. The summed E-state index contributed by atoms with van der Waals surface area (Å²) >= 11 is 0. The molecule has 0 N–H and O–H groups in total. The van der Waals surface area contributed by atoms with Gasteiger partial charge in [0.15, 0.2) is 0 Å². The van der Waals surface area contributed by atoms with E-state index >= 15 is 0 Å². The first-order valence-electron chi connectivity index (χ1n) is 7.00. The maximum Gasteiger partial charge on any atom is 0.460 e. The smallest absolute Gasteiger partial charge is 0.222 e. The molecule has 0 aliphatic heterocycles. The number of hydrogen-bond donors (Lipinski definition) is 0. The van der Waals surface area contributed by atoms with Crippen molar-refractivity contribution in [2.24, 2.45) is 0 Å². The molecule has 0 heterocycles. The van der Waals surface area contributed by atoms with Crippen molar-refractivity contribution in [3.63, 3.8) is 0 Å². The van der Waals surface area contributed by atoms with Crippen LogP contribution in [0.25, 0.3) is 0 Å². The van der Waals surface area contributed by atoms with E-state index in [0.29, 0.717) is 6.92 Å². The van der Waals surface area contributed by atoms with Gasteiger partial charge in [0, 0.05) is 0 Å². The van der Waals surface area contributed by atoms with Gasteiger partial charge < -0.3 is 0 Å². The third kappa shape index (κ3) is 3.68. The second-order valence-electron chi connectivity index (χ2n) is 5.78. The second kappa shape index (κ2) is 7.39. The van der Waals surface area contributed by atoms with Crippen LogP contribution in [-0.2, 0) is 9.84 Å². The summed E-state index contributed by atoms with van der Waals surface area (Å²) in [6, 6.07) is 0. The quantitative estimate of drug-likeness (QED) is 0.358. The van der Waals surface area contributed by atoms with Gasteiger partial charge in [-0.1, -0.05) is 6.92 Å². The van der Waals surface area contributed by atoms with Crippen molar-refractivity contribution in [2.45, 2.75) is 60.3 Å². The van der Waals surface area contributed by atoms with Crippen molar-refractivity contribution < 1.29 is 83.1 Å². The maximum atomic E-state index is 13.4. The van der Waals surface area contributed by atoms with Crippen LogP contribution in [-0.4, -0.2) is 61.1 Å². The van der Waals surface area contributed by atoms with Gasteiger partial charge in [-0.15, -0.1) is 0 Å². The number of hydrogen-bond acceptors (Lipinski definition) is 2. The van der Waals surface area contributed by atoms with E-state index in [2.05, 4.69) is 0 Å². The second-order valence-corrected chi connectivity index (χ2v) is 7.93. The van der Waals surface area contributed by atoms with Crippen molar-refractivity contribution in [1.82, 2.24) is 0 Å². The Bertz CT molecular complexity index is 763. The number of sulfone groups is 1. The molecule has 2 nitrogen and oxygen atoms in total. The molecule has 0 rings (SSSR count). The summed E-state index contributed by atoms with van der Waals surface area (Å²) < 4.78 is 242. The van der Waals surface area contributed by atoms with Gasteiger partial charge in [0.1, 0.15) is 0 Å². The molecule has 0 aliphatic rings. The van der Waals surface area contributed by atoms with E-state index in [4.69, 9.17) is 0 Å². The normalized spacial score (nSPS) is 16.6. The molecule has 0 radical (unpaired) electrons. The highest BCUT2D eigenvalue weighted by Gasteiger charge is 2.96. The van der Waals surface area contributed by atoms with Crippen LogP contribution < -0.4 is 0 Å². The van der Waals surface area contributed by atoms with Crippen LogP contribution in [0.15, 0.2) is 0 Å². The largest absolute Gasteiger partial charge is 0.460 e. The minimum absolute atomic E-state index is 0.631. The Morgan fingerprint density at radius 2 is 0.742 bits per heavy atom. The van der Waals surface area contributed by atoms with Gasteiger partial charge in [0.2, 0.25) is 9.84 Å². The van der Waals surface area contributed by atoms with Crippen LogP contribution in [0.5, 0.6) is 0 Å². The zero-order chi connectivity index (χ0) is 25.9. The fraction of sp³-hybridized carbons (Fsp3) is 1.00. The van der Waals surface area contributed by atoms with Crippen molar-refractivity contribution in [3.05, 3.63) is 0 Å². The molecule has 0 aromatic rings. The zero-order valence-corrected chi connectivity index (χ0v) is 14.9. The molecule has 0 saturated heterocycles. The Morgan fingerprint density at radius 3 is 1.00 bits per heavy atom. The molecule has 0 spiro atoms. The van der Waals surface area contributed by atoms with E-state index in [0.717, 1.165) is 0 Å². The van der Waals surface area contributed by atoms with Crippen LogP contribution in [0.3, 0.4) is 0 Å². The fourth-order valence-corrected chi connectivity index (χ4v) is 3.05. The lowest BCUT2D eigenvalue weighted by molar-refractivity contribution is -0.458. The lowest BCUT2D eigenvalue weighted by atomic mass is 9.91. The van der Waals surface area contributed by atoms with E-state index in [1.165, 1.54) is 0 Å². The van der Waals surface area contributed by atoms with Gasteiger partial charge in [0.25, 0.3) is 0 Å². The molecular weight excluding hydrogens is 519 g/mol. The molecule has 0 atom stereocenters. The Hall–Kier alpha value is -1.24. The summed E-state index contributed by atoms with van der Waals surface area (Å²) in [4.78, 5) is 0. The summed E-state index contributed by atoms with van der Waals surface area (Å²) in [5.74, 6) is -53.4. The highest BCUT2D eigenvalue weighted by molar-refractivity contribution is 7.92. The topological polar surface area (TPSA) is 34.1 Å². The van der Waals surface area contributed by atoms with Crippen LogP contribution >= 0.6 is 0 Å². The Morgan fingerprint density at radius 1 is 0.484 bits per heavy atom. The molecule has 0 aromatic heterocycles. The lowest BCUT2D eigenvalue weighted by Gasteiger charge is -2.42. The molecular formula is C11H7F17O2S. The van der Waals surface area contributed by atoms with E-state index in [1.54, 1.807) is 0 Å². The first-order valence-corrected chi connectivity index (χ1v) is 8.65. The summed E-state index contributed by atoms with van der Waals surface area (Å²) in [5.41, 5.74) is 0. The van der Waals surface area contributed by atoms with Crippen LogP contribution in [0, 0.1) is 0 Å². The van der Waals surface area contributed by atoms with E-state index in [1.807, 2.05) is 0 Å². The molecule has 0 aliphatic carbocycles. The molecule has 20 heteroatoms. The number of rotatable bonds is 9. The summed E-state index contributed by atoms with van der Waals surface area (Å²) in [6.07, 6.45) is -8.93.